The predicted molar refractivity (Wildman–Crippen MR) is 120 cm³/mol. The Morgan fingerprint density at radius 2 is 1.84 bits per heavy atom. The van der Waals surface area contributed by atoms with E-state index in [9.17, 15) is 18.0 Å². The second-order valence-electron chi connectivity index (χ2n) is 7.79. The molecule has 2 heterocycles. The van der Waals surface area contributed by atoms with Crippen molar-refractivity contribution >= 4 is 21.4 Å². The second-order valence-corrected chi connectivity index (χ2v) is 9.90. The van der Waals surface area contributed by atoms with Crippen LogP contribution in [-0.2, 0) is 21.1 Å². The molecule has 0 saturated heterocycles. The Bertz CT molecular complexity index is 1120. The molecule has 3 aromatic rings. The summed E-state index contributed by atoms with van der Waals surface area (Å²) in [6.07, 6.45) is 6.93. The molecule has 3 rings (SSSR count). The first-order valence-electron chi connectivity index (χ1n) is 10.8. The largest absolute Gasteiger partial charge is 0.365 e. The number of ketones is 2. The molecule has 2 N–H and O–H groups in total. The van der Waals surface area contributed by atoms with Gasteiger partial charge in [-0.25, -0.2) is 13.4 Å². The van der Waals surface area contributed by atoms with Crippen LogP contribution in [0.25, 0.3) is 0 Å². The number of benzene rings is 1. The lowest BCUT2D eigenvalue weighted by Gasteiger charge is -2.17. The van der Waals surface area contributed by atoms with Gasteiger partial charge in [-0.15, -0.1) is 0 Å². The zero-order chi connectivity index (χ0) is 23.0. The van der Waals surface area contributed by atoms with Crippen LogP contribution >= 0.6 is 0 Å². The first-order chi connectivity index (χ1) is 15.4. The third kappa shape index (κ3) is 6.00. The molecule has 0 spiro atoms. The van der Waals surface area contributed by atoms with Gasteiger partial charge in [0.2, 0.25) is 5.78 Å². The van der Waals surface area contributed by atoms with Gasteiger partial charge in [-0.1, -0.05) is 38.0 Å². The van der Waals surface area contributed by atoms with E-state index in [-0.39, 0.29) is 23.9 Å². The molecular formula is C23H28N4O4S. The van der Waals surface area contributed by atoms with Crippen molar-refractivity contribution in [3.63, 3.8) is 0 Å². The SMILES string of the molecule is CCCC(CCCCS(=O)(=O)c1ccccc1)c1[nH]ccc1CC(=O)C(=O)c1ncn[nH]1. The minimum absolute atomic E-state index is 0.0129. The lowest BCUT2D eigenvalue weighted by molar-refractivity contribution is -0.114. The van der Waals surface area contributed by atoms with Crippen LogP contribution in [0, 0.1) is 0 Å². The number of nitrogens with zero attached hydrogens (tertiary/aromatic N) is 2. The lowest BCUT2D eigenvalue weighted by atomic mass is 9.90. The van der Waals surface area contributed by atoms with Gasteiger partial charge >= 0.3 is 0 Å². The van der Waals surface area contributed by atoms with Crippen LogP contribution in [0.1, 0.15) is 66.8 Å². The molecule has 0 aliphatic rings. The Hall–Kier alpha value is -3.07. The predicted octanol–water partition coefficient (Wildman–Crippen LogP) is 3.66. The third-order valence-corrected chi connectivity index (χ3v) is 7.28. The summed E-state index contributed by atoms with van der Waals surface area (Å²) in [6.45, 7) is 2.09. The van der Waals surface area contributed by atoms with E-state index >= 15 is 0 Å². The monoisotopic (exact) mass is 456 g/mol. The van der Waals surface area contributed by atoms with Crippen LogP contribution in [0.15, 0.2) is 53.8 Å². The molecule has 9 heteroatoms. The summed E-state index contributed by atoms with van der Waals surface area (Å²) in [4.78, 5) is 32.0. The number of hydrogen-bond donors (Lipinski definition) is 2. The molecule has 1 atom stereocenters. The Kier molecular flexibility index (Phi) is 8.10. The quantitative estimate of drug-likeness (QED) is 0.230. The van der Waals surface area contributed by atoms with Crippen LogP contribution < -0.4 is 0 Å². The molecule has 32 heavy (non-hydrogen) atoms. The average Bonchev–Trinajstić information content (AvgIpc) is 3.48. The van der Waals surface area contributed by atoms with Gasteiger partial charge in [-0.05, 0) is 48.9 Å². The number of H-pyrrole nitrogens is 2. The maximum Gasteiger partial charge on any atom is 0.265 e. The summed E-state index contributed by atoms with van der Waals surface area (Å²) < 4.78 is 25.0. The first kappa shape index (κ1) is 23.6. The van der Waals surface area contributed by atoms with Crippen molar-refractivity contribution in [2.75, 3.05) is 5.75 Å². The number of carbonyl (C=O) groups is 2. The maximum atomic E-state index is 12.5. The highest BCUT2D eigenvalue weighted by Gasteiger charge is 2.23. The van der Waals surface area contributed by atoms with Gasteiger partial charge in [0.15, 0.2) is 15.7 Å². The van der Waals surface area contributed by atoms with E-state index in [1.807, 2.05) is 6.07 Å². The fourth-order valence-corrected chi connectivity index (χ4v) is 5.25. The molecular weight excluding hydrogens is 428 g/mol. The summed E-state index contributed by atoms with van der Waals surface area (Å²) in [5.74, 6) is -1.02. The fraction of sp³-hybridized carbons (Fsp3) is 0.391. The zero-order valence-corrected chi connectivity index (χ0v) is 18.9. The topological polar surface area (TPSA) is 126 Å². The number of rotatable bonds is 13. The van der Waals surface area contributed by atoms with E-state index in [0.717, 1.165) is 36.9 Å². The highest BCUT2D eigenvalue weighted by atomic mass is 32.2. The number of hydrogen-bond acceptors (Lipinski definition) is 6. The Labute approximate surface area is 187 Å². The van der Waals surface area contributed by atoms with Crippen molar-refractivity contribution in [1.29, 1.82) is 0 Å². The van der Waals surface area contributed by atoms with Crippen molar-refractivity contribution in [2.45, 2.75) is 56.3 Å². The summed E-state index contributed by atoms with van der Waals surface area (Å²) >= 11 is 0. The lowest BCUT2D eigenvalue weighted by Crippen LogP contribution is -2.19. The van der Waals surface area contributed by atoms with Crippen LogP contribution in [0.3, 0.4) is 0 Å². The van der Waals surface area contributed by atoms with Gasteiger partial charge in [0.1, 0.15) is 6.33 Å². The molecule has 0 radical (unpaired) electrons. The smallest absolute Gasteiger partial charge is 0.265 e. The molecule has 0 amide bonds. The van der Waals surface area contributed by atoms with Crippen LogP contribution in [0.4, 0.5) is 0 Å². The van der Waals surface area contributed by atoms with Crippen LogP contribution in [0.2, 0.25) is 0 Å². The standard InChI is InChI=1S/C23H28N4O4S/c1-2-8-17(9-6-7-14-32(30,31)19-10-4-3-5-11-19)21-18(12-13-24-21)15-20(28)22(29)23-25-16-26-27-23/h3-5,10-13,16-17,24H,2,6-9,14-15H2,1H3,(H,25,26,27). The van der Waals surface area contributed by atoms with Crippen LogP contribution in [-0.4, -0.2) is 45.9 Å². The molecule has 170 valence electrons. The molecule has 2 aromatic heterocycles. The average molecular weight is 457 g/mol. The van der Waals surface area contributed by atoms with E-state index in [1.54, 1.807) is 36.5 Å². The number of sulfone groups is 1. The molecule has 0 aliphatic carbocycles. The molecule has 1 aromatic carbocycles. The number of nitrogens with one attached hydrogen (secondary N) is 2. The van der Waals surface area contributed by atoms with Gasteiger partial charge in [-0.3, -0.25) is 14.7 Å². The van der Waals surface area contributed by atoms with E-state index in [4.69, 9.17) is 0 Å². The van der Waals surface area contributed by atoms with Crippen molar-refractivity contribution < 1.29 is 18.0 Å². The summed E-state index contributed by atoms with van der Waals surface area (Å²) in [5.41, 5.74) is 1.73. The van der Waals surface area contributed by atoms with E-state index in [1.165, 1.54) is 6.33 Å². The molecule has 0 saturated carbocycles. The van der Waals surface area contributed by atoms with E-state index < -0.39 is 21.4 Å². The number of aromatic amines is 2. The number of aromatic nitrogens is 4. The van der Waals surface area contributed by atoms with Gasteiger partial charge < -0.3 is 4.98 Å². The van der Waals surface area contributed by atoms with Crippen molar-refractivity contribution in [3.05, 3.63) is 66.0 Å². The Morgan fingerprint density at radius 3 is 2.53 bits per heavy atom. The zero-order valence-electron chi connectivity index (χ0n) is 18.1. The molecule has 0 bridgehead atoms. The van der Waals surface area contributed by atoms with E-state index in [2.05, 4.69) is 27.1 Å². The minimum Gasteiger partial charge on any atom is -0.365 e. The number of carbonyl (C=O) groups excluding carboxylic acids is 2. The maximum absolute atomic E-state index is 12.5. The van der Waals surface area contributed by atoms with Crippen LogP contribution in [0.5, 0.6) is 0 Å². The van der Waals surface area contributed by atoms with Gasteiger partial charge in [0.05, 0.1) is 10.6 Å². The highest BCUT2D eigenvalue weighted by molar-refractivity contribution is 7.91. The minimum atomic E-state index is -3.28. The number of unbranched alkanes of at least 4 members (excludes halogenated alkanes) is 1. The van der Waals surface area contributed by atoms with Gasteiger partial charge in [0, 0.05) is 18.3 Å². The van der Waals surface area contributed by atoms with Crippen molar-refractivity contribution in [3.8, 4) is 0 Å². The first-order valence-corrected chi connectivity index (χ1v) is 12.4. The van der Waals surface area contributed by atoms with Gasteiger partial charge in [0.25, 0.3) is 5.78 Å². The molecule has 8 nitrogen and oxygen atoms in total. The molecule has 1 unspecified atom stereocenters. The fourth-order valence-electron chi connectivity index (χ4n) is 3.86. The summed E-state index contributed by atoms with van der Waals surface area (Å²) in [6, 6.07) is 10.3. The third-order valence-electron chi connectivity index (χ3n) is 5.47. The van der Waals surface area contributed by atoms with Crippen molar-refractivity contribution in [2.24, 2.45) is 0 Å². The highest BCUT2D eigenvalue weighted by Crippen LogP contribution is 2.29. The normalized spacial score (nSPS) is 12.5. The molecule has 0 fully saturated rings. The Morgan fingerprint density at radius 1 is 1.06 bits per heavy atom. The Balaban J connectivity index is 1.59. The summed E-state index contributed by atoms with van der Waals surface area (Å²) in [7, 11) is -3.28. The van der Waals surface area contributed by atoms with Gasteiger partial charge in [-0.2, -0.15) is 5.10 Å². The summed E-state index contributed by atoms with van der Waals surface area (Å²) in [5, 5.41) is 6.04. The molecule has 0 aliphatic heterocycles. The second kappa shape index (κ2) is 11.0. The van der Waals surface area contributed by atoms with Crippen molar-refractivity contribution in [1.82, 2.24) is 20.2 Å². The number of Topliss-reactive ketones (excluding diaryl/α,β-unsaturated/α-hetero) is 2. The van der Waals surface area contributed by atoms with E-state index in [0.29, 0.717) is 11.3 Å².